The van der Waals surface area contributed by atoms with Crippen LogP contribution >= 0.6 is 11.6 Å². The van der Waals surface area contributed by atoms with Crippen LogP contribution in [0.3, 0.4) is 0 Å². The van der Waals surface area contributed by atoms with E-state index in [2.05, 4.69) is 11.9 Å². The zero-order valence-corrected chi connectivity index (χ0v) is 10.8. The van der Waals surface area contributed by atoms with E-state index in [4.69, 9.17) is 27.8 Å². The Bertz CT molecular complexity index is 389. The summed E-state index contributed by atoms with van der Waals surface area (Å²) < 4.78 is 5.55. The number of rotatable bonds is 6. The minimum absolute atomic E-state index is 0.199. The van der Waals surface area contributed by atoms with Crippen molar-refractivity contribution >= 4 is 17.6 Å². The van der Waals surface area contributed by atoms with E-state index < -0.39 is 0 Å². The summed E-state index contributed by atoms with van der Waals surface area (Å²) >= 11 is 6.10. The third kappa shape index (κ3) is 4.95. The summed E-state index contributed by atoms with van der Waals surface area (Å²) in [5.41, 5.74) is 11.6. The summed E-state index contributed by atoms with van der Waals surface area (Å²) in [6, 6.07) is 5.64. The largest absolute Gasteiger partial charge is 0.492 e. The highest BCUT2D eigenvalue weighted by Crippen LogP contribution is 2.25. The van der Waals surface area contributed by atoms with E-state index >= 15 is 0 Å². The van der Waals surface area contributed by atoms with Gasteiger partial charge in [-0.3, -0.25) is 16.5 Å². The number of hydrogen-bond acceptors (Lipinski definition) is 1. The summed E-state index contributed by atoms with van der Waals surface area (Å²) in [6.07, 6.45) is 2.13. The van der Waals surface area contributed by atoms with Gasteiger partial charge >= 0.3 is 5.96 Å². The van der Waals surface area contributed by atoms with Gasteiger partial charge in [-0.15, -0.1) is 0 Å². The molecule has 0 aromatic heterocycles. The third-order valence-corrected chi connectivity index (χ3v) is 2.54. The zero-order chi connectivity index (χ0) is 12.7. The molecule has 1 aromatic carbocycles. The van der Waals surface area contributed by atoms with Crippen LogP contribution < -0.4 is 21.2 Å². The van der Waals surface area contributed by atoms with Gasteiger partial charge in [0, 0.05) is 0 Å². The summed E-state index contributed by atoms with van der Waals surface area (Å²) in [5.74, 6) is 0.915. The van der Waals surface area contributed by atoms with Crippen LogP contribution in [0.15, 0.2) is 18.2 Å². The molecule has 0 radical (unpaired) electrons. The lowest BCUT2D eigenvalue weighted by Crippen LogP contribution is -2.76. The second-order valence-corrected chi connectivity index (χ2v) is 4.18. The molecule has 0 bridgehead atoms. The van der Waals surface area contributed by atoms with E-state index in [0.29, 0.717) is 23.9 Å². The summed E-state index contributed by atoms with van der Waals surface area (Å²) in [7, 11) is 0. The van der Waals surface area contributed by atoms with Crippen LogP contribution in [-0.2, 0) is 6.54 Å². The number of unbranched alkanes of at least 4 members (excludes halogenated alkanes) is 1. The van der Waals surface area contributed by atoms with Gasteiger partial charge in [0.05, 0.1) is 18.2 Å². The number of nitrogens with two attached hydrogens (primary N) is 2. The molecule has 1 rings (SSSR count). The average molecular weight is 257 g/mol. The van der Waals surface area contributed by atoms with Crippen LogP contribution in [0, 0.1) is 0 Å². The highest BCUT2D eigenvalue weighted by Gasteiger charge is 2.03. The maximum Gasteiger partial charge on any atom is 0.339 e. The Morgan fingerprint density at radius 2 is 2.18 bits per heavy atom. The zero-order valence-electron chi connectivity index (χ0n) is 10.0. The second-order valence-electron chi connectivity index (χ2n) is 3.78. The van der Waals surface area contributed by atoms with Gasteiger partial charge in [-0.1, -0.05) is 31.0 Å². The molecule has 0 fully saturated rings. The van der Waals surface area contributed by atoms with Crippen molar-refractivity contribution in [2.24, 2.45) is 11.5 Å². The van der Waals surface area contributed by atoms with Gasteiger partial charge in [-0.2, -0.15) is 0 Å². The van der Waals surface area contributed by atoms with Gasteiger partial charge in [0.15, 0.2) is 0 Å². The Morgan fingerprint density at radius 1 is 1.41 bits per heavy atom. The molecule has 0 amide bonds. The van der Waals surface area contributed by atoms with Crippen LogP contribution in [-0.4, -0.2) is 12.6 Å². The van der Waals surface area contributed by atoms with Crippen LogP contribution in [0.2, 0.25) is 5.02 Å². The fraction of sp³-hybridized carbons (Fsp3) is 0.417. The van der Waals surface area contributed by atoms with Gasteiger partial charge < -0.3 is 4.74 Å². The Kier molecular flexibility index (Phi) is 5.63. The predicted octanol–water partition coefficient (Wildman–Crippen LogP) is 0.373. The summed E-state index contributed by atoms with van der Waals surface area (Å²) in [5, 5.41) is 0.607. The molecule has 0 aliphatic carbocycles. The summed E-state index contributed by atoms with van der Waals surface area (Å²) in [6.45, 7) is 3.36. The maximum atomic E-state index is 6.10. The van der Waals surface area contributed by atoms with Crippen molar-refractivity contribution in [3.8, 4) is 5.75 Å². The molecule has 5 heteroatoms. The number of benzene rings is 1. The maximum absolute atomic E-state index is 6.10. The summed E-state index contributed by atoms with van der Waals surface area (Å²) in [4.78, 5) is 2.83. The SMILES string of the molecule is CCCCOc1ccc(C[NH+]=C(N)N)cc1Cl. The lowest BCUT2D eigenvalue weighted by atomic mass is 10.2. The number of nitrogens with one attached hydrogen (secondary N) is 1. The predicted molar refractivity (Wildman–Crippen MR) is 69.9 cm³/mol. The highest BCUT2D eigenvalue weighted by molar-refractivity contribution is 6.32. The standard InChI is InChI=1S/C12H18ClN3O/c1-2-3-6-17-11-5-4-9(7-10(11)13)8-16-12(14)15/h4-5,7H,2-3,6,8H2,1H3,(H4,14,15,16)/p+1. The Morgan fingerprint density at radius 3 is 2.76 bits per heavy atom. The van der Waals surface area contributed by atoms with Crippen molar-refractivity contribution in [2.75, 3.05) is 6.61 Å². The van der Waals surface area contributed by atoms with Crippen molar-refractivity contribution in [2.45, 2.75) is 26.3 Å². The normalized spacial score (nSPS) is 10.0. The van der Waals surface area contributed by atoms with E-state index in [0.717, 1.165) is 18.4 Å². The highest BCUT2D eigenvalue weighted by atomic mass is 35.5. The molecule has 4 nitrogen and oxygen atoms in total. The number of halogens is 1. The third-order valence-electron chi connectivity index (χ3n) is 2.25. The molecule has 0 unspecified atom stereocenters. The monoisotopic (exact) mass is 256 g/mol. The van der Waals surface area contributed by atoms with Gasteiger partial charge in [-0.05, 0) is 24.1 Å². The molecule has 5 N–H and O–H groups in total. The molecule has 0 atom stereocenters. The molecular weight excluding hydrogens is 238 g/mol. The fourth-order valence-corrected chi connectivity index (χ4v) is 1.56. The van der Waals surface area contributed by atoms with Gasteiger partial charge in [0.1, 0.15) is 5.75 Å². The molecule has 94 valence electrons. The van der Waals surface area contributed by atoms with E-state index in [1.807, 2.05) is 18.2 Å². The van der Waals surface area contributed by atoms with Gasteiger partial charge in [0.25, 0.3) is 0 Å². The second kappa shape index (κ2) is 7.01. The molecule has 0 aliphatic heterocycles. The van der Waals surface area contributed by atoms with Crippen LogP contribution in [0.5, 0.6) is 5.75 Å². The quantitative estimate of drug-likeness (QED) is 0.391. The Labute approximate surface area is 107 Å². The first-order valence-electron chi connectivity index (χ1n) is 5.66. The van der Waals surface area contributed by atoms with Gasteiger partial charge in [0.2, 0.25) is 0 Å². The van der Waals surface area contributed by atoms with E-state index in [1.165, 1.54) is 0 Å². The minimum Gasteiger partial charge on any atom is -0.492 e. The topological polar surface area (TPSA) is 75.2 Å². The van der Waals surface area contributed by atoms with E-state index in [-0.39, 0.29) is 5.96 Å². The van der Waals surface area contributed by atoms with Gasteiger partial charge in [-0.25, -0.2) is 0 Å². The first kappa shape index (κ1) is 13.6. The molecule has 0 heterocycles. The Balaban J connectivity index is 2.62. The van der Waals surface area contributed by atoms with Crippen LogP contribution in [0.1, 0.15) is 25.3 Å². The van der Waals surface area contributed by atoms with Crippen molar-refractivity contribution in [1.29, 1.82) is 0 Å². The van der Waals surface area contributed by atoms with Crippen molar-refractivity contribution in [1.82, 2.24) is 0 Å². The average Bonchev–Trinajstić information content (AvgIpc) is 2.29. The first-order valence-corrected chi connectivity index (χ1v) is 6.04. The molecule has 1 aromatic rings. The van der Waals surface area contributed by atoms with Crippen LogP contribution in [0.4, 0.5) is 0 Å². The van der Waals surface area contributed by atoms with Crippen molar-refractivity contribution in [3.63, 3.8) is 0 Å². The molecule has 17 heavy (non-hydrogen) atoms. The molecular formula is C12H19ClN3O+. The van der Waals surface area contributed by atoms with E-state index in [9.17, 15) is 0 Å². The van der Waals surface area contributed by atoms with E-state index in [1.54, 1.807) is 0 Å². The molecule has 0 aliphatic rings. The van der Waals surface area contributed by atoms with Crippen molar-refractivity contribution in [3.05, 3.63) is 28.8 Å². The number of hydrogen-bond donors (Lipinski definition) is 3. The smallest absolute Gasteiger partial charge is 0.339 e. The first-order chi connectivity index (χ1) is 8.13. The molecule has 0 saturated heterocycles. The Hall–Kier alpha value is -1.42. The lowest BCUT2D eigenvalue weighted by molar-refractivity contribution is -0.477. The fourth-order valence-electron chi connectivity index (χ4n) is 1.30. The lowest BCUT2D eigenvalue weighted by Gasteiger charge is -2.08. The van der Waals surface area contributed by atoms with Crippen LogP contribution in [0.25, 0.3) is 0 Å². The van der Waals surface area contributed by atoms with Crippen molar-refractivity contribution < 1.29 is 9.73 Å². The number of guanidine groups is 1. The minimum atomic E-state index is 0.199. The molecule has 0 spiro atoms. The molecule has 0 saturated carbocycles. The number of ether oxygens (including phenoxy) is 1.